The number of nitrogens with zero attached hydrogens (tertiary/aromatic N) is 2. The maximum atomic E-state index is 4.93. The average Bonchev–Trinajstić information content (AvgIpc) is 2.47. The molecular weight excluding hydrogens is 152 g/mol. The Labute approximate surface area is 71.8 Å². The first-order valence-corrected chi connectivity index (χ1v) is 3.81. The average molecular weight is 164 g/mol. The van der Waals surface area contributed by atoms with Crippen LogP contribution in [0, 0.1) is 6.92 Å². The highest BCUT2D eigenvalue weighted by atomic mass is 16.5. The van der Waals surface area contributed by atoms with Gasteiger partial charge in [-0.25, -0.2) is 0 Å². The zero-order chi connectivity index (χ0) is 8.97. The van der Waals surface area contributed by atoms with Crippen molar-refractivity contribution in [1.29, 1.82) is 0 Å². The summed E-state index contributed by atoms with van der Waals surface area (Å²) in [5.74, 6) is 0.802. The van der Waals surface area contributed by atoms with E-state index in [0.717, 1.165) is 17.2 Å². The van der Waals surface area contributed by atoms with Gasteiger partial charge in [-0.1, -0.05) is 11.2 Å². The summed E-state index contributed by atoms with van der Waals surface area (Å²) in [4.78, 5) is 4.07. The van der Waals surface area contributed by atoms with Gasteiger partial charge in [-0.3, -0.25) is 4.99 Å². The van der Waals surface area contributed by atoms with Crippen LogP contribution >= 0.6 is 0 Å². The third-order valence-corrected chi connectivity index (χ3v) is 1.46. The highest BCUT2D eigenvalue weighted by molar-refractivity contribution is 6.07. The molecule has 1 heterocycles. The van der Waals surface area contributed by atoms with E-state index in [-0.39, 0.29) is 0 Å². The fourth-order valence-corrected chi connectivity index (χ4v) is 0.919. The summed E-state index contributed by atoms with van der Waals surface area (Å²) in [6.07, 6.45) is 3.82. The quantitative estimate of drug-likeness (QED) is 0.627. The van der Waals surface area contributed by atoms with Gasteiger partial charge in [0.2, 0.25) is 0 Å². The minimum Gasteiger partial charge on any atom is -0.361 e. The molecule has 0 saturated heterocycles. The first-order valence-electron chi connectivity index (χ1n) is 3.81. The van der Waals surface area contributed by atoms with Crippen LogP contribution in [0.1, 0.15) is 18.4 Å². The molecule has 0 unspecified atom stereocenters. The Morgan fingerprint density at radius 3 is 2.83 bits per heavy atom. The zero-order valence-corrected chi connectivity index (χ0v) is 7.53. The van der Waals surface area contributed by atoms with Crippen molar-refractivity contribution in [2.75, 3.05) is 7.05 Å². The topological polar surface area (TPSA) is 38.4 Å². The number of allylic oxidation sites excluding steroid dienone is 2. The highest BCUT2D eigenvalue weighted by Crippen LogP contribution is 2.03. The molecule has 0 bridgehead atoms. The first kappa shape index (κ1) is 8.71. The summed E-state index contributed by atoms with van der Waals surface area (Å²) in [6, 6.07) is 1.86. The van der Waals surface area contributed by atoms with Gasteiger partial charge < -0.3 is 4.52 Å². The van der Waals surface area contributed by atoms with Crippen molar-refractivity contribution in [1.82, 2.24) is 5.16 Å². The van der Waals surface area contributed by atoms with E-state index >= 15 is 0 Å². The van der Waals surface area contributed by atoms with Crippen LogP contribution in [0.5, 0.6) is 0 Å². The van der Waals surface area contributed by atoms with Gasteiger partial charge in [0, 0.05) is 13.1 Å². The molecule has 0 atom stereocenters. The van der Waals surface area contributed by atoms with E-state index in [0.29, 0.717) is 0 Å². The number of hydrogen-bond donors (Lipinski definition) is 0. The van der Waals surface area contributed by atoms with E-state index in [1.54, 1.807) is 7.05 Å². The monoisotopic (exact) mass is 164 g/mol. The van der Waals surface area contributed by atoms with Crippen LogP contribution in [0.25, 0.3) is 0 Å². The zero-order valence-electron chi connectivity index (χ0n) is 7.53. The third kappa shape index (κ3) is 1.81. The summed E-state index contributed by atoms with van der Waals surface area (Å²) in [5, 5.41) is 3.85. The van der Waals surface area contributed by atoms with E-state index in [1.807, 2.05) is 32.1 Å². The molecule has 12 heavy (non-hydrogen) atoms. The lowest BCUT2D eigenvalue weighted by Gasteiger charge is -1.90. The molecule has 64 valence electrons. The molecule has 0 aromatic carbocycles. The lowest BCUT2D eigenvalue weighted by atomic mass is 10.2. The first-order chi connectivity index (χ1) is 5.77. The van der Waals surface area contributed by atoms with Crippen molar-refractivity contribution in [2.24, 2.45) is 4.99 Å². The van der Waals surface area contributed by atoms with Crippen molar-refractivity contribution in [3.05, 3.63) is 29.7 Å². The molecule has 0 N–H and O–H groups in total. The van der Waals surface area contributed by atoms with Gasteiger partial charge >= 0.3 is 0 Å². The predicted octanol–water partition coefficient (Wildman–Crippen LogP) is 1.98. The normalized spacial score (nSPS) is 12.8. The number of aromatic nitrogens is 1. The van der Waals surface area contributed by atoms with E-state index in [1.165, 1.54) is 0 Å². The van der Waals surface area contributed by atoms with E-state index in [2.05, 4.69) is 10.1 Å². The Morgan fingerprint density at radius 2 is 2.42 bits per heavy atom. The van der Waals surface area contributed by atoms with Crippen molar-refractivity contribution in [3.63, 3.8) is 0 Å². The van der Waals surface area contributed by atoms with Gasteiger partial charge in [0.25, 0.3) is 0 Å². The third-order valence-electron chi connectivity index (χ3n) is 1.46. The smallest absolute Gasteiger partial charge is 0.134 e. The van der Waals surface area contributed by atoms with Crippen molar-refractivity contribution in [3.8, 4) is 0 Å². The molecule has 3 heteroatoms. The maximum Gasteiger partial charge on any atom is 0.134 e. The van der Waals surface area contributed by atoms with Gasteiger partial charge in [-0.15, -0.1) is 0 Å². The molecule has 1 rings (SSSR count). The van der Waals surface area contributed by atoms with E-state index < -0.39 is 0 Å². The van der Waals surface area contributed by atoms with Crippen LogP contribution in [-0.2, 0) is 0 Å². The number of aliphatic imine (C=N–C) groups is 1. The molecule has 0 aliphatic heterocycles. The minimum atomic E-state index is 0.785. The van der Waals surface area contributed by atoms with Crippen molar-refractivity contribution < 1.29 is 4.52 Å². The second-order valence-electron chi connectivity index (χ2n) is 2.43. The molecule has 0 radical (unpaired) electrons. The Balaban J connectivity index is 2.96. The minimum absolute atomic E-state index is 0.785. The van der Waals surface area contributed by atoms with E-state index in [4.69, 9.17) is 4.52 Å². The van der Waals surface area contributed by atoms with E-state index in [9.17, 15) is 0 Å². The summed E-state index contributed by atoms with van der Waals surface area (Å²) < 4.78 is 4.93. The SMILES string of the molecule is C/C=C\C(=NC)c1cc(C)on1. The Morgan fingerprint density at radius 1 is 1.67 bits per heavy atom. The Hall–Kier alpha value is -1.38. The summed E-state index contributed by atoms with van der Waals surface area (Å²) >= 11 is 0. The van der Waals surface area contributed by atoms with Crippen molar-refractivity contribution in [2.45, 2.75) is 13.8 Å². The Bertz CT molecular complexity index is 310. The van der Waals surface area contributed by atoms with Crippen molar-refractivity contribution >= 4 is 5.71 Å². The standard InChI is InChI=1S/C9H12N2O/c1-4-5-8(10-3)9-6-7(2)12-11-9/h4-6H,1-3H3/b5-4-,10-8?. The fraction of sp³-hybridized carbons (Fsp3) is 0.333. The molecule has 3 nitrogen and oxygen atoms in total. The molecule has 1 aromatic rings. The molecule has 0 fully saturated rings. The van der Waals surface area contributed by atoms with Crippen LogP contribution in [0.15, 0.2) is 27.7 Å². The summed E-state index contributed by atoms with van der Waals surface area (Å²) in [7, 11) is 1.74. The van der Waals surface area contributed by atoms with Gasteiger partial charge in [-0.2, -0.15) is 0 Å². The van der Waals surface area contributed by atoms with Crippen LogP contribution in [0.4, 0.5) is 0 Å². The predicted molar refractivity (Wildman–Crippen MR) is 48.5 cm³/mol. The second kappa shape index (κ2) is 3.85. The van der Waals surface area contributed by atoms with Crippen LogP contribution in [0.3, 0.4) is 0 Å². The molecular formula is C9H12N2O. The highest BCUT2D eigenvalue weighted by Gasteiger charge is 2.03. The lowest BCUT2D eigenvalue weighted by Crippen LogP contribution is -1.95. The molecule has 0 aliphatic rings. The molecule has 0 spiro atoms. The molecule has 1 aromatic heterocycles. The Kier molecular flexibility index (Phi) is 2.80. The largest absolute Gasteiger partial charge is 0.361 e. The van der Waals surface area contributed by atoms with Gasteiger partial charge in [0.05, 0.1) is 5.71 Å². The van der Waals surface area contributed by atoms with Crippen LogP contribution < -0.4 is 0 Å². The van der Waals surface area contributed by atoms with Gasteiger partial charge in [-0.05, 0) is 19.9 Å². The molecule has 0 amide bonds. The van der Waals surface area contributed by atoms with Gasteiger partial charge in [0.15, 0.2) is 0 Å². The van der Waals surface area contributed by atoms with Crippen LogP contribution in [0.2, 0.25) is 0 Å². The summed E-state index contributed by atoms with van der Waals surface area (Å²) in [5.41, 5.74) is 1.63. The van der Waals surface area contributed by atoms with Gasteiger partial charge in [0.1, 0.15) is 11.5 Å². The number of rotatable bonds is 2. The number of aryl methyl sites for hydroxylation is 1. The maximum absolute atomic E-state index is 4.93. The molecule has 0 saturated carbocycles. The fourth-order valence-electron chi connectivity index (χ4n) is 0.919. The second-order valence-corrected chi connectivity index (χ2v) is 2.43. The lowest BCUT2D eigenvalue weighted by molar-refractivity contribution is 0.396. The number of hydrogen-bond acceptors (Lipinski definition) is 3. The molecule has 0 aliphatic carbocycles. The van der Waals surface area contributed by atoms with Crippen LogP contribution in [-0.4, -0.2) is 17.9 Å². The summed E-state index contributed by atoms with van der Waals surface area (Å²) in [6.45, 7) is 3.80.